The SMILES string of the molecule is CC(CCN)CCC(=O)NCCC1=CCCC1. The number of hydrogen-bond donors (Lipinski definition) is 2. The number of hydrogen-bond acceptors (Lipinski definition) is 2. The Balaban J connectivity index is 2.00. The van der Waals surface area contributed by atoms with Gasteiger partial charge in [0.05, 0.1) is 0 Å². The van der Waals surface area contributed by atoms with Crippen LogP contribution in [0.2, 0.25) is 0 Å². The van der Waals surface area contributed by atoms with E-state index in [-0.39, 0.29) is 5.91 Å². The van der Waals surface area contributed by atoms with Gasteiger partial charge < -0.3 is 11.1 Å². The molecule has 0 aliphatic heterocycles. The van der Waals surface area contributed by atoms with Gasteiger partial charge in [-0.15, -0.1) is 0 Å². The fraction of sp³-hybridized carbons (Fsp3) is 0.786. The van der Waals surface area contributed by atoms with Crippen LogP contribution in [0.5, 0.6) is 0 Å². The highest BCUT2D eigenvalue weighted by Gasteiger charge is 2.07. The van der Waals surface area contributed by atoms with E-state index in [4.69, 9.17) is 5.73 Å². The molecule has 98 valence electrons. The first-order valence-corrected chi connectivity index (χ1v) is 6.87. The number of nitrogens with one attached hydrogen (secondary N) is 1. The van der Waals surface area contributed by atoms with Gasteiger partial charge in [-0.2, -0.15) is 0 Å². The largest absolute Gasteiger partial charge is 0.356 e. The maximum absolute atomic E-state index is 11.6. The summed E-state index contributed by atoms with van der Waals surface area (Å²) in [4.78, 5) is 11.6. The first kappa shape index (κ1) is 14.2. The molecular formula is C14H26N2O. The van der Waals surface area contributed by atoms with Gasteiger partial charge in [0.15, 0.2) is 0 Å². The average molecular weight is 238 g/mol. The van der Waals surface area contributed by atoms with Crippen molar-refractivity contribution in [2.45, 2.75) is 51.9 Å². The lowest BCUT2D eigenvalue weighted by atomic mass is 10.0. The molecule has 0 heterocycles. The molecular weight excluding hydrogens is 212 g/mol. The van der Waals surface area contributed by atoms with Crippen LogP contribution >= 0.6 is 0 Å². The molecule has 0 radical (unpaired) electrons. The predicted octanol–water partition coefficient (Wildman–Crippen LogP) is 2.37. The third kappa shape index (κ3) is 6.47. The minimum atomic E-state index is 0.187. The Labute approximate surface area is 105 Å². The Morgan fingerprint density at radius 2 is 2.35 bits per heavy atom. The Hall–Kier alpha value is -0.830. The van der Waals surface area contributed by atoms with E-state index in [2.05, 4.69) is 18.3 Å². The Morgan fingerprint density at radius 1 is 1.53 bits per heavy atom. The molecule has 17 heavy (non-hydrogen) atoms. The van der Waals surface area contributed by atoms with Crippen LogP contribution in [0.4, 0.5) is 0 Å². The first-order valence-electron chi connectivity index (χ1n) is 6.87. The summed E-state index contributed by atoms with van der Waals surface area (Å²) in [5.41, 5.74) is 6.99. The quantitative estimate of drug-likeness (QED) is 0.638. The van der Waals surface area contributed by atoms with E-state index < -0.39 is 0 Å². The molecule has 3 nitrogen and oxygen atoms in total. The minimum absolute atomic E-state index is 0.187. The zero-order valence-corrected chi connectivity index (χ0v) is 11.0. The molecule has 0 fully saturated rings. The van der Waals surface area contributed by atoms with Crippen molar-refractivity contribution >= 4 is 5.91 Å². The van der Waals surface area contributed by atoms with Crippen LogP contribution < -0.4 is 11.1 Å². The molecule has 0 saturated carbocycles. The van der Waals surface area contributed by atoms with Crippen LogP contribution in [0.15, 0.2) is 11.6 Å². The Bertz CT molecular complexity index is 261. The molecule has 0 spiro atoms. The van der Waals surface area contributed by atoms with Gasteiger partial charge in [-0.3, -0.25) is 4.79 Å². The molecule has 0 aromatic heterocycles. The van der Waals surface area contributed by atoms with Gasteiger partial charge in [0.1, 0.15) is 0 Å². The lowest BCUT2D eigenvalue weighted by Gasteiger charge is -2.10. The molecule has 1 aliphatic rings. The Kier molecular flexibility index (Phi) is 6.94. The summed E-state index contributed by atoms with van der Waals surface area (Å²) in [6.45, 7) is 3.68. The third-order valence-electron chi connectivity index (χ3n) is 3.43. The second kappa shape index (κ2) is 8.29. The highest BCUT2D eigenvalue weighted by molar-refractivity contribution is 5.75. The highest BCUT2D eigenvalue weighted by Crippen LogP contribution is 2.19. The fourth-order valence-corrected chi connectivity index (χ4v) is 2.22. The maximum atomic E-state index is 11.6. The summed E-state index contributed by atoms with van der Waals surface area (Å²) >= 11 is 0. The number of carbonyl (C=O) groups is 1. The summed E-state index contributed by atoms with van der Waals surface area (Å²) in [6.07, 6.45) is 9.69. The second-order valence-electron chi connectivity index (χ2n) is 5.08. The smallest absolute Gasteiger partial charge is 0.220 e. The van der Waals surface area contributed by atoms with Gasteiger partial charge in [-0.05, 0) is 51.0 Å². The number of carbonyl (C=O) groups excluding carboxylic acids is 1. The number of rotatable bonds is 8. The lowest BCUT2D eigenvalue weighted by Crippen LogP contribution is -2.25. The Morgan fingerprint density at radius 3 is 3.00 bits per heavy atom. The van der Waals surface area contributed by atoms with Crippen LogP contribution in [0, 0.1) is 5.92 Å². The van der Waals surface area contributed by atoms with Gasteiger partial charge >= 0.3 is 0 Å². The molecule has 1 unspecified atom stereocenters. The van der Waals surface area contributed by atoms with Crippen molar-refractivity contribution in [1.29, 1.82) is 0 Å². The monoisotopic (exact) mass is 238 g/mol. The molecule has 0 aromatic carbocycles. The van der Waals surface area contributed by atoms with Crippen molar-refractivity contribution in [3.8, 4) is 0 Å². The van der Waals surface area contributed by atoms with Crippen LogP contribution in [-0.2, 0) is 4.79 Å². The van der Waals surface area contributed by atoms with Crippen LogP contribution in [-0.4, -0.2) is 19.0 Å². The third-order valence-corrected chi connectivity index (χ3v) is 3.43. The molecule has 1 rings (SSSR count). The standard InChI is InChI=1S/C14H26N2O/c1-12(8-10-15)6-7-14(17)16-11-9-13-4-2-3-5-13/h4,12H,2-3,5-11,15H2,1H3,(H,16,17). The van der Waals surface area contributed by atoms with Crippen molar-refractivity contribution in [3.63, 3.8) is 0 Å². The van der Waals surface area contributed by atoms with E-state index in [1.807, 2.05) is 0 Å². The van der Waals surface area contributed by atoms with Gasteiger partial charge in [-0.25, -0.2) is 0 Å². The van der Waals surface area contributed by atoms with Crippen molar-refractivity contribution in [1.82, 2.24) is 5.32 Å². The van der Waals surface area contributed by atoms with Crippen molar-refractivity contribution in [2.75, 3.05) is 13.1 Å². The van der Waals surface area contributed by atoms with E-state index in [0.717, 1.165) is 32.4 Å². The van der Waals surface area contributed by atoms with E-state index in [0.29, 0.717) is 12.3 Å². The molecule has 1 amide bonds. The normalized spacial score (nSPS) is 16.7. The lowest BCUT2D eigenvalue weighted by molar-refractivity contribution is -0.121. The van der Waals surface area contributed by atoms with Gasteiger partial charge in [0.2, 0.25) is 5.91 Å². The molecule has 3 heteroatoms. The first-order chi connectivity index (χ1) is 8.22. The van der Waals surface area contributed by atoms with Crippen molar-refractivity contribution in [3.05, 3.63) is 11.6 Å². The summed E-state index contributed by atoms with van der Waals surface area (Å²) < 4.78 is 0. The molecule has 0 saturated heterocycles. The van der Waals surface area contributed by atoms with Crippen molar-refractivity contribution < 1.29 is 4.79 Å². The second-order valence-corrected chi connectivity index (χ2v) is 5.08. The van der Waals surface area contributed by atoms with E-state index in [1.54, 1.807) is 0 Å². The summed E-state index contributed by atoms with van der Waals surface area (Å²) in [6, 6.07) is 0. The molecule has 0 bridgehead atoms. The number of allylic oxidation sites excluding steroid dienone is 1. The molecule has 0 aromatic rings. The summed E-state index contributed by atoms with van der Waals surface area (Å²) in [5.74, 6) is 0.746. The minimum Gasteiger partial charge on any atom is -0.356 e. The van der Waals surface area contributed by atoms with Gasteiger partial charge in [0.25, 0.3) is 0 Å². The molecule has 3 N–H and O–H groups in total. The number of nitrogens with two attached hydrogens (primary N) is 1. The highest BCUT2D eigenvalue weighted by atomic mass is 16.1. The van der Waals surface area contributed by atoms with Crippen molar-refractivity contribution in [2.24, 2.45) is 11.7 Å². The topological polar surface area (TPSA) is 55.1 Å². The number of amides is 1. The molecule has 1 aliphatic carbocycles. The average Bonchev–Trinajstić information content (AvgIpc) is 2.80. The maximum Gasteiger partial charge on any atom is 0.220 e. The zero-order valence-electron chi connectivity index (χ0n) is 11.0. The van der Waals surface area contributed by atoms with E-state index in [9.17, 15) is 4.79 Å². The van der Waals surface area contributed by atoms with Crippen LogP contribution in [0.1, 0.15) is 51.9 Å². The van der Waals surface area contributed by atoms with E-state index in [1.165, 1.54) is 24.8 Å². The fourth-order valence-electron chi connectivity index (χ4n) is 2.22. The van der Waals surface area contributed by atoms with E-state index >= 15 is 0 Å². The van der Waals surface area contributed by atoms with Gasteiger partial charge in [0, 0.05) is 13.0 Å². The zero-order chi connectivity index (χ0) is 12.5. The van der Waals surface area contributed by atoms with Crippen LogP contribution in [0.3, 0.4) is 0 Å². The van der Waals surface area contributed by atoms with Gasteiger partial charge in [-0.1, -0.05) is 18.6 Å². The summed E-state index contributed by atoms with van der Waals surface area (Å²) in [7, 11) is 0. The van der Waals surface area contributed by atoms with Crippen LogP contribution in [0.25, 0.3) is 0 Å². The molecule has 1 atom stereocenters. The predicted molar refractivity (Wildman–Crippen MR) is 71.6 cm³/mol. The summed E-state index contributed by atoms with van der Waals surface area (Å²) in [5, 5.41) is 3.00.